The van der Waals surface area contributed by atoms with Gasteiger partial charge in [0.15, 0.2) is 0 Å². The Bertz CT molecular complexity index is 156. The molecule has 0 aromatic rings. The third-order valence-electron chi connectivity index (χ3n) is 0.976. The summed E-state index contributed by atoms with van der Waals surface area (Å²) in [6.45, 7) is -0.0359. The van der Waals surface area contributed by atoms with E-state index in [1.807, 2.05) is 0 Å². The number of rotatable bonds is 1. The van der Waals surface area contributed by atoms with E-state index in [0.29, 0.717) is 0 Å². The predicted molar refractivity (Wildman–Crippen MR) is 24.9 cm³/mol. The van der Waals surface area contributed by atoms with Crippen LogP contribution in [0.3, 0.4) is 0 Å². The van der Waals surface area contributed by atoms with Crippen LogP contribution in [0.4, 0.5) is 0 Å². The maximum atomic E-state index is 10.3. The molecule has 0 spiro atoms. The monoisotopic (exact) mass is 132 g/mol. The highest BCUT2D eigenvalue weighted by Gasteiger charge is 2.37. The van der Waals surface area contributed by atoms with Crippen LogP contribution >= 0.6 is 0 Å². The average Bonchev–Trinajstić information content (AvgIpc) is 2.13. The summed E-state index contributed by atoms with van der Waals surface area (Å²) < 4.78 is 0. The Labute approximate surface area is 49.9 Å². The zero-order chi connectivity index (χ0) is 6.85. The van der Waals surface area contributed by atoms with E-state index in [1.54, 1.807) is 0 Å². The minimum atomic E-state index is -1.22. The highest BCUT2D eigenvalue weighted by molar-refractivity contribution is 5.75. The predicted octanol–water partition coefficient (Wildman–Crippen LogP) is -1.31. The molecule has 1 atom stereocenters. The number of nitro groups is 1. The zero-order valence-corrected chi connectivity index (χ0v) is 4.36. The van der Waals surface area contributed by atoms with Gasteiger partial charge >= 0.3 is 12.0 Å². The molecular weight excluding hydrogens is 128 g/mol. The van der Waals surface area contributed by atoms with Crippen LogP contribution in [0, 0.1) is 10.1 Å². The van der Waals surface area contributed by atoms with E-state index < -0.39 is 16.9 Å². The molecule has 0 aromatic carbocycles. The highest BCUT2D eigenvalue weighted by Crippen LogP contribution is 1.97. The Morgan fingerprint density at radius 2 is 2.56 bits per heavy atom. The van der Waals surface area contributed by atoms with Crippen LogP contribution < -0.4 is 5.48 Å². The lowest BCUT2D eigenvalue weighted by Crippen LogP contribution is -2.27. The van der Waals surface area contributed by atoms with E-state index in [9.17, 15) is 14.9 Å². The fourth-order valence-corrected chi connectivity index (χ4v) is 0.504. The summed E-state index contributed by atoms with van der Waals surface area (Å²) >= 11 is 0. The molecule has 1 rings (SSSR count). The molecular formula is C3H4N2O4. The first-order valence-electron chi connectivity index (χ1n) is 2.29. The lowest BCUT2D eigenvalue weighted by Gasteiger charge is -1.90. The van der Waals surface area contributed by atoms with E-state index >= 15 is 0 Å². The Kier molecular flexibility index (Phi) is 1.31. The van der Waals surface area contributed by atoms with Gasteiger partial charge in [-0.1, -0.05) is 0 Å². The Hall–Kier alpha value is -1.17. The highest BCUT2D eigenvalue weighted by atomic mass is 16.7. The summed E-state index contributed by atoms with van der Waals surface area (Å²) in [7, 11) is 0. The number of nitrogens with one attached hydrogen (secondary N) is 1. The fourth-order valence-electron chi connectivity index (χ4n) is 0.504. The summed E-state index contributed by atoms with van der Waals surface area (Å²) in [5.74, 6) is -0.819. The van der Waals surface area contributed by atoms with Crippen molar-refractivity contribution in [3.63, 3.8) is 0 Å². The molecule has 6 nitrogen and oxygen atoms in total. The first-order valence-corrected chi connectivity index (χ1v) is 2.29. The molecule has 0 radical (unpaired) electrons. The quantitative estimate of drug-likeness (QED) is 0.354. The van der Waals surface area contributed by atoms with Gasteiger partial charge in [0.25, 0.3) is 0 Å². The first kappa shape index (κ1) is 5.96. The van der Waals surface area contributed by atoms with Gasteiger partial charge in [-0.05, 0) is 0 Å². The number of hydrogen-bond acceptors (Lipinski definition) is 5. The number of nitrogens with zero attached hydrogens (tertiary/aromatic N) is 1. The molecule has 6 heteroatoms. The largest absolute Gasteiger partial charge is 0.401 e. The molecule has 1 aliphatic heterocycles. The van der Waals surface area contributed by atoms with Crippen LogP contribution in [0.5, 0.6) is 0 Å². The van der Waals surface area contributed by atoms with Crippen LogP contribution in [-0.4, -0.2) is 23.5 Å². The van der Waals surface area contributed by atoms with Gasteiger partial charge in [-0.15, -0.1) is 5.48 Å². The van der Waals surface area contributed by atoms with Crippen LogP contribution in [0.2, 0.25) is 0 Å². The summed E-state index contributed by atoms with van der Waals surface area (Å²) in [5, 5.41) is 9.88. The molecule has 0 aromatic heterocycles. The minimum Gasteiger partial charge on any atom is -0.365 e. The van der Waals surface area contributed by atoms with Crippen molar-refractivity contribution in [3.05, 3.63) is 10.1 Å². The van der Waals surface area contributed by atoms with E-state index in [-0.39, 0.29) is 6.54 Å². The van der Waals surface area contributed by atoms with Crippen LogP contribution in [0.15, 0.2) is 0 Å². The Balaban J connectivity index is 2.60. The third kappa shape index (κ3) is 0.968. The summed E-state index contributed by atoms with van der Waals surface area (Å²) in [4.78, 5) is 23.6. The molecule has 1 N–H and O–H groups in total. The van der Waals surface area contributed by atoms with E-state index in [2.05, 4.69) is 10.3 Å². The van der Waals surface area contributed by atoms with Crippen molar-refractivity contribution in [2.24, 2.45) is 0 Å². The fraction of sp³-hybridized carbons (Fsp3) is 0.667. The second kappa shape index (κ2) is 1.98. The molecule has 0 bridgehead atoms. The van der Waals surface area contributed by atoms with Crippen LogP contribution in [0.25, 0.3) is 0 Å². The standard InChI is InChI=1S/C3H4N2O4/c6-3-2(5(7)8)1-4-9-3/h2,4H,1H2. The van der Waals surface area contributed by atoms with Crippen LogP contribution in [0.1, 0.15) is 0 Å². The topological polar surface area (TPSA) is 81.5 Å². The van der Waals surface area contributed by atoms with Crippen molar-refractivity contribution in [3.8, 4) is 0 Å². The second-order valence-corrected chi connectivity index (χ2v) is 1.57. The molecule has 1 heterocycles. The summed E-state index contributed by atoms with van der Waals surface area (Å²) in [5.41, 5.74) is 2.11. The van der Waals surface area contributed by atoms with Gasteiger partial charge in [0.2, 0.25) is 0 Å². The number of hydroxylamine groups is 1. The van der Waals surface area contributed by atoms with E-state index in [1.165, 1.54) is 0 Å². The van der Waals surface area contributed by atoms with Crippen LogP contribution in [-0.2, 0) is 9.63 Å². The van der Waals surface area contributed by atoms with E-state index in [0.717, 1.165) is 0 Å². The van der Waals surface area contributed by atoms with Gasteiger partial charge in [-0.25, -0.2) is 4.79 Å². The van der Waals surface area contributed by atoms with Crippen molar-refractivity contribution in [1.82, 2.24) is 5.48 Å². The van der Waals surface area contributed by atoms with Gasteiger partial charge in [0.05, 0.1) is 0 Å². The normalized spacial score (nSPS) is 25.8. The van der Waals surface area contributed by atoms with Crippen molar-refractivity contribution in [2.75, 3.05) is 6.54 Å². The lowest BCUT2D eigenvalue weighted by atomic mass is 10.3. The molecule has 1 aliphatic rings. The average molecular weight is 132 g/mol. The first-order chi connectivity index (χ1) is 4.22. The van der Waals surface area contributed by atoms with Gasteiger partial charge in [-0.3, -0.25) is 10.1 Å². The van der Waals surface area contributed by atoms with E-state index in [4.69, 9.17) is 0 Å². The molecule has 1 saturated heterocycles. The Morgan fingerprint density at radius 1 is 1.89 bits per heavy atom. The number of carbonyl (C=O) groups excluding carboxylic acids is 1. The maximum absolute atomic E-state index is 10.3. The molecule has 9 heavy (non-hydrogen) atoms. The molecule has 0 aliphatic carbocycles. The minimum absolute atomic E-state index is 0.0359. The maximum Gasteiger partial charge on any atom is 0.401 e. The van der Waals surface area contributed by atoms with Gasteiger partial charge in [-0.2, -0.15) is 0 Å². The molecule has 1 fully saturated rings. The SMILES string of the molecule is O=C1ONCC1[N+](=O)[O-]. The molecule has 0 amide bonds. The van der Waals surface area contributed by atoms with Crippen molar-refractivity contribution >= 4 is 5.97 Å². The van der Waals surface area contributed by atoms with Crippen molar-refractivity contribution < 1.29 is 14.6 Å². The van der Waals surface area contributed by atoms with Crippen molar-refractivity contribution in [2.45, 2.75) is 6.04 Å². The summed E-state index contributed by atoms with van der Waals surface area (Å²) in [6.07, 6.45) is 0. The summed E-state index contributed by atoms with van der Waals surface area (Å²) in [6, 6.07) is -1.22. The van der Waals surface area contributed by atoms with Gasteiger partial charge in [0.1, 0.15) is 6.54 Å². The van der Waals surface area contributed by atoms with Gasteiger partial charge in [0, 0.05) is 4.92 Å². The molecule has 50 valence electrons. The lowest BCUT2D eigenvalue weighted by molar-refractivity contribution is -0.503. The Morgan fingerprint density at radius 3 is 2.78 bits per heavy atom. The zero-order valence-electron chi connectivity index (χ0n) is 4.36. The smallest absolute Gasteiger partial charge is 0.365 e. The van der Waals surface area contributed by atoms with Crippen molar-refractivity contribution in [1.29, 1.82) is 0 Å². The second-order valence-electron chi connectivity index (χ2n) is 1.57. The number of carbonyl (C=O) groups is 1. The molecule has 1 unspecified atom stereocenters. The number of hydrogen-bond donors (Lipinski definition) is 1. The molecule has 0 saturated carbocycles. The van der Waals surface area contributed by atoms with Gasteiger partial charge < -0.3 is 4.84 Å². The third-order valence-corrected chi connectivity index (χ3v) is 0.976.